The average Bonchev–Trinajstić information content (AvgIpc) is 2.94. The molecular weight excluding hydrogens is 296 g/mol. The first-order chi connectivity index (χ1) is 11.6. The Morgan fingerprint density at radius 3 is 2.54 bits per heavy atom. The van der Waals surface area contributed by atoms with Crippen LogP contribution in [0.15, 0.2) is 28.7 Å². The van der Waals surface area contributed by atoms with Gasteiger partial charge in [-0.15, -0.1) is 0 Å². The summed E-state index contributed by atoms with van der Waals surface area (Å²) >= 11 is 0. The number of rotatable bonds is 1. The molecule has 1 aromatic carbocycles. The molecular formula is C21H24N2O. The van der Waals surface area contributed by atoms with Gasteiger partial charge in [0.1, 0.15) is 5.58 Å². The number of aromatic nitrogens is 1. The second-order valence-corrected chi connectivity index (χ2v) is 7.72. The summed E-state index contributed by atoms with van der Waals surface area (Å²) in [6.45, 7) is 9.19. The molecule has 2 bridgehead atoms. The second kappa shape index (κ2) is 5.06. The van der Waals surface area contributed by atoms with Gasteiger partial charge >= 0.3 is 0 Å². The van der Waals surface area contributed by atoms with Gasteiger partial charge in [-0.05, 0) is 70.3 Å². The third-order valence-corrected chi connectivity index (χ3v) is 6.41. The van der Waals surface area contributed by atoms with Crippen molar-refractivity contribution in [3.63, 3.8) is 0 Å². The quantitative estimate of drug-likeness (QED) is 0.645. The van der Waals surface area contributed by atoms with Crippen molar-refractivity contribution in [3.05, 3.63) is 41.1 Å². The van der Waals surface area contributed by atoms with Crippen LogP contribution in [-0.4, -0.2) is 29.0 Å². The number of piperidine rings is 3. The Balaban J connectivity index is 1.78. The molecule has 1 unspecified atom stereocenters. The topological polar surface area (TPSA) is 29.3 Å². The number of nitrogens with zero attached hydrogens (tertiary/aromatic N) is 2. The smallest absolute Gasteiger partial charge is 0.227 e. The molecule has 124 valence electrons. The van der Waals surface area contributed by atoms with Crippen molar-refractivity contribution >= 4 is 22.1 Å². The van der Waals surface area contributed by atoms with Crippen LogP contribution in [0.1, 0.15) is 42.5 Å². The van der Waals surface area contributed by atoms with Gasteiger partial charge in [-0.3, -0.25) is 0 Å². The minimum atomic E-state index is 0.581. The van der Waals surface area contributed by atoms with Crippen molar-refractivity contribution in [1.82, 2.24) is 9.88 Å². The van der Waals surface area contributed by atoms with Crippen LogP contribution in [0, 0.1) is 19.8 Å². The number of hydrogen-bond donors (Lipinski definition) is 0. The lowest BCUT2D eigenvalue weighted by molar-refractivity contribution is 0.0350. The summed E-state index contributed by atoms with van der Waals surface area (Å²) in [4.78, 5) is 7.28. The molecule has 0 spiro atoms. The van der Waals surface area contributed by atoms with Crippen LogP contribution in [0.5, 0.6) is 0 Å². The van der Waals surface area contributed by atoms with Gasteiger partial charge in [0.25, 0.3) is 0 Å². The van der Waals surface area contributed by atoms with Gasteiger partial charge in [0.15, 0.2) is 0 Å². The summed E-state index contributed by atoms with van der Waals surface area (Å²) in [6.07, 6.45) is 2.64. The number of aryl methyl sites for hydroxylation is 2. The Hall–Kier alpha value is -1.87. The van der Waals surface area contributed by atoms with Gasteiger partial charge in [0.05, 0.1) is 0 Å². The van der Waals surface area contributed by atoms with E-state index in [0.29, 0.717) is 12.0 Å². The molecule has 24 heavy (non-hydrogen) atoms. The molecule has 0 N–H and O–H groups in total. The number of pyridine rings is 1. The maximum Gasteiger partial charge on any atom is 0.227 e. The normalized spacial score (nSPS) is 29.6. The molecule has 3 aliphatic rings. The highest BCUT2D eigenvalue weighted by molar-refractivity contribution is 6.05. The molecule has 2 aromatic heterocycles. The Morgan fingerprint density at radius 1 is 1.04 bits per heavy atom. The molecule has 3 heteroatoms. The minimum absolute atomic E-state index is 0.581. The predicted octanol–water partition coefficient (Wildman–Crippen LogP) is 4.80. The van der Waals surface area contributed by atoms with Crippen LogP contribution in [0.2, 0.25) is 0 Å². The van der Waals surface area contributed by atoms with Gasteiger partial charge in [0, 0.05) is 34.0 Å². The zero-order chi connectivity index (χ0) is 16.4. The monoisotopic (exact) mass is 320 g/mol. The van der Waals surface area contributed by atoms with Gasteiger partial charge in [0.2, 0.25) is 5.71 Å². The van der Waals surface area contributed by atoms with Crippen molar-refractivity contribution in [2.75, 3.05) is 13.1 Å². The number of furan rings is 1. The predicted molar refractivity (Wildman–Crippen MR) is 97.5 cm³/mol. The van der Waals surface area contributed by atoms with E-state index < -0.39 is 0 Å². The highest BCUT2D eigenvalue weighted by Gasteiger charge is 2.42. The van der Waals surface area contributed by atoms with Gasteiger partial charge < -0.3 is 9.32 Å². The van der Waals surface area contributed by atoms with Crippen LogP contribution in [0.25, 0.3) is 22.1 Å². The molecule has 0 saturated carbocycles. The molecule has 3 fully saturated rings. The lowest BCUT2D eigenvalue weighted by atomic mass is 9.70. The van der Waals surface area contributed by atoms with E-state index in [4.69, 9.17) is 4.42 Å². The van der Waals surface area contributed by atoms with E-state index in [-0.39, 0.29) is 0 Å². The number of benzene rings is 1. The zero-order valence-electron chi connectivity index (χ0n) is 14.7. The number of fused-ring (bicyclic) bond motifs is 6. The molecule has 3 aromatic rings. The second-order valence-electron chi connectivity index (χ2n) is 7.72. The molecule has 0 radical (unpaired) electrons. The summed E-state index contributed by atoms with van der Waals surface area (Å²) in [6, 6.07) is 9.32. The molecule has 5 heterocycles. The Morgan fingerprint density at radius 2 is 1.79 bits per heavy atom. The van der Waals surface area contributed by atoms with Crippen molar-refractivity contribution in [3.8, 4) is 0 Å². The summed E-state index contributed by atoms with van der Waals surface area (Å²) in [5.74, 6) is 1.37. The lowest BCUT2D eigenvalue weighted by Crippen LogP contribution is -2.52. The van der Waals surface area contributed by atoms with Crippen LogP contribution >= 0.6 is 0 Å². The highest BCUT2D eigenvalue weighted by Crippen LogP contribution is 2.47. The van der Waals surface area contributed by atoms with Crippen LogP contribution in [0.3, 0.4) is 0 Å². The maximum absolute atomic E-state index is 6.32. The van der Waals surface area contributed by atoms with Gasteiger partial charge in [-0.25, -0.2) is 4.98 Å². The van der Waals surface area contributed by atoms with Gasteiger partial charge in [-0.1, -0.05) is 12.1 Å². The first-order valence-electron chi connectivity index (χ1n) is 9.17. The van der Waals surface area contributed by atoms with Crippen molar-refractivity contribution in [1.29, 1.82) is 0 Å². The fraction of sp³-hybridized carbons (Fsp3) is 0.476. The number of hydrogen-bond acceptors (Lipinski definition) is 3. The summed E-state index contributed by atoms with van der Waals surface area (Å²) in [5, 5.41) is 2.37. The van der Waals surface area contributed by atoms with E-state index in [2.05, 4.69) is 48.0 Å². The SMILES string of the molecule is Cc1ccc2c(n1)oc1c(C3C4CCN(CC4)[C@@H]3C)c(C)ccc12. The summed E-state index contributed by atoms with van der Waals surface area (Å²) in [5.41, 5.74) is 5.67. The maximum atomic E-state index is 6.32. The standard InChI is InChI=1S/C21H24N2O/c1-12-4-6-16-17-7-5-13(2)22-21(17)24-20(16)18(12)19-14(3)23-10-8-15(19)9-11-23/h4-7,14-15,19H,8-11H2,1-3H3/t14-,19?/m1/s1. The van der Waals surface area contributed by atoms with Crippen LogP contribution in [0.4, 0.5) is 0 Å². The first kappa shape index (κ1) is 14.5. The third kappa shape index (κ3) is 1.91. The molecule has 3 aliphatic heterocycles. The zero-order valence-corrected chi connectivity index (χ0v) is 14.7. The Labute approximate surface area is 142 Å². The Bertz CT molecular complexity index is 932. The fourth-order valence-corrected chi connectivity index (χ4v) is 5.13. The van der Waals surface area contributed by atoms with E-state index >= 15 is 0 Å². The molecule has 3 saturated heterocycles. The van der Waals surface area contributed by atoms with E-state index in [1.54, 1.807) is 0 Å². The molecule has 6 rings (SSSR count). The molecule has 2 atom stereocenters. The van der Waals surface area contributed by atoms with Crippen LogP contribution in [-0.2, 0) is 0 Å². The molecule has 3 nitrogen and oxygen atoms in total. The summed E-state index contributed by atoms with van der Waals surface area (Å²) < 4.78 is 6.32. The van der Waals surface area contributed by atoms with E-state index in [1.165, 1.54) is 42.4 Å². The third-order valence-electron chi connectivity index (χ3n) is 6.41. The van der Waals surface area contributed by atoms with Crippen LogP contribution < -0.4 is 0 Å². The first-order valence-corrected chi connectivity index (χ1v) is 9.17. The Kier molecular flexibility index (Phi) is 3.05. The largest absolute Gasteiger partial charge is 0.437 e. The minimum Gasteiger partial charge on any atom is -0.437 e. The molecule has 0 aliphatic carbocycles. The highest BCUT2D eigenvalue weighted by atomic mass is 16.3. The van der Waals surface area contributed by atoms with Gasteiger partial charge in [-0.2, -0.15) is 0 Å². The van der Waals surface area contributed by atoms with Crippen molar-refractivity contribution < 1.29 is 4.42 Å². The fourth-order valence-electron chi connectivity index (χ4n) is 5.13. The van der Waals surface area contributed by atoms with Crippen molar-refractivity contribution in [2.45, 2.75) is 45.6 Å². The lowest BCUT2D eigenvalue weighted by Gasteiger charge is -2.50. The van der Waals surface area contributed by atoms with E-state index in [9.17, 15) is 0 Å². The van der Waals surface area contributed by atoms with E-state index in [0.717, 1.165) is 28.3 Å². The summed E-state index contributed by atoms with van der Waals surface area (Å²) in [7, 11) is 0. The van der Waals surface area contributed by atoms with E-state index in [1.807, 2.05) is 6.92 Å². The average molecular weight is 320 g/mol. The molecule has 0 amide bonds. The van der Waals surface area contributed by atoms with Crippen molar-refractivity contribution in [2.24, 2.45) is 5.92 Å².